The van der Waals surface area contributed by atoms with Gasteiger partial charge in [0.15, 0.2) is 0 Å². The maximum atomic E-state index is 11.3. The van der Waals surface area contributed by atoms with Crippen molar-refractivity contribution in [1.82, 2.24) is 0 Å². The van der Waals surface area contributed by atoms with Gasteiger partial charge in [-0.25, -0.2) is 0 Å². The van der Waals surface area contributed by atoms with Gasteiger partial charge >= 0.3 is 7.60 Å². The van der Waals surface area contributed by atoms with Crippen LogP contribution in [-0.4, -0.2) is 14.9 Å². The Hall–Kier alpha value is -1.61. The van der Waals surface area contributed by atoms with Crippen molar-refractivity contribution in [1.29, 1.82) is 0 Å². The summed E-state index contributed by atoms with van der Waals surface area (Å²) in [6, 6.07) is 1.64. The fourth-order valence-corrected chi connectivity index (χ4v) is 3.06. The Kier molecular flexibility index (Phi) is 6.16. The zero-order valence-corrected chi connectivity index (χ0v) is 12.9. The summed E-state index contributed by atoms with van der Waals surface area (Å²) in [5, 5.41) is 10.4. The lowest BCUT2D eigenvalue weighted by atomic mass is 9.92. The van der Waals surface area contributed by atoms with Crippen molar-refractivity contribution < 1.29 is 19.5 Å². The highest BCUT2D eigenvalue weighted by molar-refractivity contribution is 7.50. The molecule has 114 valence electrons. The average molecular weight is 308 g/mol. The van der Waals surface area contributed by atoms with Crippen LogP contribution in [0.2, 0.25) is 0 Å². The Morgan fingerprint density at radius 3 is 1.95 bits per heavy atom. The van der Waals surface area contributed by atoms with Crippen LogP contribution < -0.4 is 0 Å². The molecule has 0 spiro atoms. The van der Waals surface area contributed by atoms with E-state index in [-0.39, 0.29) is 11.9 Å². The lowest BCUT2D eigenvalue weighted by molar-refractivity contribution is 0.371. The summed E-state index contributed by atoms with van der Waals surface area (Å²) in [7, 11) is -4.20. The van der Waals surface area contributed by atoms with Crippen LogP contribution in [0.5, 0.6) is 5.75 Å². The lowest BCUT2D eigenvalue weighted by Crippen LogP contribution is -2.03. The number of hydrogen-bond acceptors (Lipinski definition) is 2. The third-order valence-electron chi connectivity index (χ3n) is 3.13. The first-order chi connectivity index (χ1) is 9.84. The van der Waals surface area contributed by atoms with E-state index in [9.17, 15) is 19.5 Å². The molecule has 1 aromatic carbocycles. The Labute approximate surface area is 125 Å². The van der Waals surface area contributed by atoms with Gasteiger partial charge in [0.1, 0.15) is 5.75 Å². The number of phenols is 1. The highest BCUT2D eigenvalue weighted by Crippen LogP contribution is 2.42. The van der Waals surface area contributed by atoms with Gasteiger partial charge in [0.25, 0.3) is 0 Å². The van der Waals surface area contributed by atoms with E-state index >= 15 is 0 Å². The van der Waals surface area contributed by atoms with Crippen molar-refractivity contribution in [3.05, 3.63) is 66.3 Å². The van der Waals surface area contributed by atoms with E-state index in [1.165, 1.54) is 0 Å². The van der Waals surface area contributed by atoms with Crippen molar-refractivity contribution in [2.75, 3.05) is 0 Å². The predicted octanol–water partition coefficient (Wildman–Crippen LogP) is 3.26. The molecule has 0 aliphatic carbocycles. The molecule has 0 radical (unpaired) electrons. The zero-order chi connectivity index (χ0) is 16.0. The van der Waals surface area contributed by atoms with Gasteiger partial charge in [0.2, 0.25) is 0 Å². The van der Waals surface area contributed by atoms with Crippen molar-refractivity contribution in [3.8, 4) is 5.75 Å². The molecule has 0 fully saturated rings. The molecular formula is C16H21O4P. The SMILES string of the molecule is C=CCc1cc(CP(=O)(O)O)c(CC=C)c(CC=C)c1O. The number of aromatic hydroxyl groups is 1. The highest BCUT2D eigenvalue weighted by atomic mass is 31.2. The third kappa shape index (κ3) is 4.71. The molecule has 0 heterocycles. The molecule has 1 aromatic rings. The summed E-state index contributed by atoms with van der Waals surface area (Å²) < 4.78 is 11.3. The number of benzene rings is 1. The largest absolute Gasteiger partial charge is 0.507 e. The van der Waals surface area contributed by atoms with Crippen LogP contribution in [0.4, 0.5) is 0 Å². The molecule has 5 heteroatoms. The van der Waals surface area contributed by atoms with E-state index in [0.29, 0.717) is 41.5 Å². The molecule has 0 saturated carbocycles. The molecule has 0 aromatic heterocycles. The molecule has 0 amide bonds. The van der Waals surface area contributed by atoms with E-state index in [0.717, 1.165) is 0 Å². The van der Waals surface area contributed by atoms with Gasteiger partial charge in [-0.1, -0.05) is 24.3 Å². The standard InChI is InChI=1S/C16H21O4P/c1-4-7-12-10-13(11-21(18,19)20)14(8-5-2)15(9-6-3)16(12)17/h4-6,10,17H,1-3,7-9,11H2,(H2,18,19,20). The van der Waals surface area contributed by atoms with Crippen LogP contribution in [0.1, 0.15) is 22.3 Å². The topological polar surface area (TPSA) is 77.8 Å². The fraction of sp³-hybridized carbons (Fsp3) is 0.250. The highest BCUT2D eigenvalue weighted by Gasteiger charge is 2.21. The Morgan fingerprint density at radius 2 is 1.48 bits per heavy atom. The first-order valence-corrected chi connectivity index (χ1v) is 8.36. The second-order valence-corrected chi connectivity index (χ2v) is 6.45. The minimum Gasteiger partial charge on any atom is -0.507 e. The van der Waals surface area contributed by atoms with Gasteiger partial charge in [-0.2, -0.15) is 0 Å². The van der Waals surface area contributed by atoms with Crippen molar-refractivity contribution in [2.45, 2.75) is 25.4 Å². The summed E-state index contributed by atoms with van der Waals surface area (Å²) in [4.78, 5) is 18.5. The summed E-state index contributed by atoms with van der Waals surface area (Å²) in [6.45, 7) is 11.0. The van der Waals surface area contributed by atoms with Crippen molar-refractivity contribution in [2.24, 2.45) is 0 Å². The van der Waals surface area contributed by atoms with Crippen LogP contribution in [0.25, 0.3) is 0 Å². The van der Waals surface area contributed by atoms with Gasteiger partial charge < -0.3 is 14.9 Å². The molecule has 0 saturated heterocycles. The fourth-order valence-electron chi connectivity index (χ4n) is 2.33. The van der Waals surface area contributed by atoms with Crippen LogP contribution in [0.3, 0.4) is 0 Å². The maximum Gasteiger partial charge on any atom is 0.329 e. The predicted molar refractivity (Wildman–Crippen MR) is 85.6 cm³/mol. The molecule has 4 nitrogen and oxygen atoms in total. The summed E-state index contributed by atoms with van der Waals surface area (Å²) in [5.41, 5.74) is 2.50. The monoisotopic (exact) mass is 308 g/mol. The summed E-state index contributed by atoms with van der Waals surface area (Å²) >= 11 is 0. The minimum atomic E-state index is -4.20. The molecular weight excluding hydrogens is 287 g/mol. The van der Waals surface area contributed by atoms with Gasteiger partial charge in [0, 0.05) is 5.56 Å². The molecule has 0 aliphatic heterocycles. The average Bonchev–Trinajstić information content (AvgIpc) is 2.37. The lowest BCUT2D eigenvalue weighted by Gasteiger charge is -2.18. The first kappa shape index (κ1) is 17.4. The summed E-state index contributed by atoms with van der Waals surface area (Å²) in [5.74, 6) is 0.140. The van der Waals surface area contributed by atoms with Gasteiger partial charge in [-0.3, -0.25) is 4.57 Å². The van der Waals surface area contributed by atoms with E-state index < -0.39 is 7.60 Å². The molecule has 1 rings (SSSR count). The molecule has 0 atom stereocenters. The van der Waals surface area contributed by atoms with Crippen LogP contribution in [0.15, 0.2) is 44.0 Å². The van der Waals surface area contributed by atoms with Crippen molar-refractivity contribution >= 4 is 7.60 Å². The van der Waals surface area contributed by atoms with Crippen LogP contribution in [-0.2, 0) is 30.0 Å². The van der Waals surface area contributed by atoms with Gasteiger partial charge in [0.05, 0.1) is 6.16 Å². The first-order valence-electron chi connectivity index (χ1n) is 6.56. The van der Waals surface area contributed by atoms with E-state index in [2.05, 4.69) is 19.7 Å². The van der Waals surface area contributed by atoms with Gasteiger partial charge in [-0.05, 0) is 36.0 Å². The summed E-state index contributed by atoms with van der Waals surface area (Å²) in [6.07, 6.45) is 5.87. The Balaban J connectivity index is 3.56. The van der Waals surface area contributed by atoms with Crippen LogP contribution >= 0.6 is 7.60 Å². The van der Waals surface area contributed by atoms with Crippen molar-refractivity contribution in [3.63, 3.8) is 0 Å². The second-order valence-electron chi connectivity index (χ2n) is 4.80. The Bertz CT molecular complexity index is 599. The number of hydrogen-bond donors (Lipinski definition) is 3. The third-order valence-corrected chi connectivity index (χ3v) is 3.88. The molecule has 0 unspecified atom stereocenters. The molecule has 0 aliphatic rings. The number of phenolic OH excluding ortho intramolecular Hbond substituents is 1. The van der Waals surface area contributed by atoms with E-state index in [1.54, 1.807) is 24.3 Å². The molecule has 3 N–H and O–H groups in total. The number of allylic oxidation sites excluding steroid dienone is 3. The Morgan fingerprint density at radius 1 is 0.952 bits per heavy atom. The van der Waals surface area contributed by atoms with E-state index in [1.807, 2.05) is 0 Å². The minimum absolute atomic E-state index is 0.140. The normalized spacial score (nSPS) is 11.1. The van der Waals surface area contributed by atoms with E-state index in [4.69, 9.17) is 0 Å². The quantitative estimate of drug-likeness (QED) is 0.509. The molecule has 21 heavy (non-hydrogen) atoms. The maximum absolute atomic E-state index is 11.3. The smallest absolute Gasteiger partial charge is 0.329 e. The van der Waals surface area contributed by atoms with Crippen LogP contribution in [0, 0.1) is 0 Å². The molecule has 0 bridgehead atoms. The van der Waals surface area contributed by atoms with Gasteiger partial charge in [-0.15, -0.1) is 19.7 Å². The second kappa shape index (κ2) is 7.41. The zero-order valence-electron chi connectivity index (χ0n) is 12.0. The number of rotatable bonds is 8.